The standard InChI is InChI=1S/C15H14BrNO5/c16-11-6-7-21-14(11)12(8-13(18)19)17-15(20)22-9-10-4-2-1-3-5-10/h1-7,12H,8-9H2,(H,17,20)(H,18,19)/t12-/m1/s1. The first-order valence-corrected chi connectivity index (χ1v) is 7.27. The molecule has 7 heteroatoms. The van der Waals surface area contributed by atoms with Crippen LogP contribution in [0.15, 0.2) is 51.6 Å². The molecule has 6 nitrogen and oxygen atoms in total. The molecular weight excluding hydrogens is 354 g/mol. The fourth-order valence-corrected chi connectivity index (χ4v) is 2.32. The number of ether oxygens (including phenoxy) is 1. The van der Waals surface area contributed by atoms with Gasteiger partial charge in [0.1, 0.15) is 18.4 Å². The van der Waals surface area contributed by atoms with Crippen molar-refractivity contribution in [2.24, 2.45) is 0 Å². The molecule has 2 aromatic rings. The molecular formula is C15H14BrNO5. The Morgan fingerprint density at radius 3 is 2.59 bits per heavy atom. The van der Waals surface area contributed by atoms with Gasteiger partial charge >= 0.3 is 12.1 Å². The van der Waals surface area contributed by atoms with Gasteiger partial charge in [0.15, 0.2) is 0 Å². The second-order valence-corrected chi connectivity index (χ2v) is 5.34. The first-order valence-electron chi connectivity index (χ1n) is 6.48. The van der Waals surface area contributed by atoms with E-state index in [1.54, 1.807) is 6.07 Å². The van der Waals surface area contributed by atoms with Crippen molar-refractivity contribution in [3.8, 4) is 0 Å². The zero-order valence-electron chi connectivity index (χ0n) is 11.5. The maximum absolute atomic E-state index is 11.8. The topological polar surface area (TPSA) is 88.8 Å². The van der Waals surface area contributed by atoms with Crippen LogP contribution in [0.2, 0.25) is 0 Å². The van der Waals surface area contributed by atoms with Crippen molar-refractivity contribution >= 4 is 28.0 Å². The van der Waals surface area contributed by atoms with E-state index in [9.17, 15) is 9.59 Å². The Bertz CT molecular complexity index is 640. The minimum absolute atomic E-state index is 0.103. The van der Waals surface area contributed by atoms with Gasteiger partial charge in [0.25, 0.3) is 0 Å². The third-order valence-electron chi connectivity index (χ3n) is 2.84. The molecule has 0 aliphatic heterocycles. The number of hydrogen-bond acceptors (Lipinski definition) is 4. The number of aliphatic carboxylic acids is 1. The highest BCUT2D eigenvalue weighted by molar-refractivity contribution is 9.10. The van der Waals surface area contributed by atoms with Crippen LogP contribution in [-0.2, 0) is 16.1 Å². The number of alkyl carbamates (subject to hydrolysis) is 1. The SMILES string of the molecule is O=C(O)C[C@@H](NC(=O)OCc1ccccc1)c1occc1Br. The van der Waals surface area contributed by atoms with E-state index in [2.05, 4.69) is 21.2 Å². The number of carbonyl (C=O) groups is 2. The van der Waals surface area contributed by atoms with E-state index in [4.69, 9.17) is 14.3 Å². The monoisotopic (exact) mass is 367 g/mol. The molecule has 0 fully saturated rings. The van der Waals surface area contributed by atoms with Crippen LogP contribution < -0.4 is 5.32 Å². The van der Waals surface area contributed by atoms with Gasteiger partial charge in [0.2, 0.25) is 0 Å². The lowest BCUT2D eigenvalue weighted by molar-refractivity contribution is -0.137. The lowest BCUT2D eigenvalue weighted by Gasteiger charge is -2.15. The zero-order valence-corrected chi connectivity index (χ0v) is 13.1. The summed E-state index contributed by atoms with van der Waals surface area (Å²) in [6, 6.07) is 10.00. The van der Waals surface area contributed by atoms with Gasteiger partial charge in [-0.3, -0.25) is 4.79 Å². The third kappa shape index (κ3) is 4.63. The number of amides is 1. The van der Waals surface area contributed by atoms with Crippen molar-refractivity contribution in [1.29, 1.82) is 0 Å². The van der Waals surface area contributed by atoms with Gasteiger partial charge in [-0.15, -0.1) is 0 Å². The average Bonchev–Trinajstić information content (AvgIpc) is 2.91. The maximum Gasteiger partial charge on any atom is 0.408 e. The van der Waals surface area contributed by atoms with Gasteiger partial charge in [-0.05, 0) is 27.6 Å². The van der Waals surface area contributed by atoms with Crippen LogP contribution in [0, 0.1) is 0 Å². The van der Waals surface area contributed by atoms with Gasteiger partial charge in [0, 0.05) is 0 Å². The normalized spacial score (nSPS) is 11.7. The van der Waals surface area contributed by atoms with E-state index in [-0.39, 0.29) is 13.0 Å². The largest absolute Gasteiger partial charge is 0.481 e. The van der Waals surface area contributed by atoms with Gasteiger partial charge < -0.3 is 19.6 Å². The fourth-order valence-electron chi connectivity index (χ4n) is 1.85. The summed E-state index contributed by atoms with van der Waals surface area (Å²) >= 11 is 3.24. The third-order valence-corrected chi connectivity index (χ3v) is 3.50. The lowest BCUT2D eigenvalue weighted by Crippen LogP contribution is -2.30. The average molecular weight is 368 g/mol. The summed E-state index contributed by atoms with van der Waals surface area (Å²) in [7, 11) is 0. The van der Waals surface area contributed by atoms with Crippen LogP contribution in [0.5, 0.6) is 0 Å². The Balaban J connectivity index is 1.96. The Morgan fingerprint density at radius 2 is 2.00 bits per heavy atom. The minimum Gasteiger partial charge on any atom is -0.481 e. The molecule has 22 heavy (non-hydrogen) atoms. The van der Waals surface area contributed by atoms with Gasteiger partial charge in [-0.2, -0.15) is 0 Å². The van der Waals surface area contributed by atoms with Crippen molar-refractivity contribution < 1.29 is 23.8 Å². The Labute approximate surface area is 135 Å². The molecule has 1 atom stereocenters. The minimum atomic E-state index is -1.06. The van der Waals surface area contributed by atoms with Gasteiger partial charge in [-0.1, -0.05) is 30.3 Å². The van der Waals surface area contributed by atoms with Crippen molar-refractivity contribution in [2.45, 2.75) is 19.1 Å². The first kappa shape index (κ1) is 16.1. The van der Waals surface area contributed by atoms with E-state index >= 15 is 0 Å². The molecule has 0 bridgehead atoms. The predicted octanol–water partition coefficient (Wildman–Crippen LogP) is 3.48. The number of carboxylic acids is 1. The van der Waals surface area contributed by atoms with E-state index < -0.39 is 18.1 Å². The summed E-state index contributed by atoms with van der Waals surface area (Å²) in [5.41, 5.74) is 0.839. The summed E-state index contributed by atoms with van der Waals surface area (Å²) in [6.07, 6.45) is 0.385. The van der Waals surface area contributed by atoms with E-state index in [0.717, 1.165) is 5.56 Å². The molecule has 1 aromatic carbocycles. The molecule has 0 aliphatic rings. The van der Waals surface area contributed by atoms with Crippen LogP contribution in [0.4, 0.5) is 4.79 Å². The van der Waals surface area contributed by atoms with Crippen LogP contribution >= 0.6 is 15.9 Å². The second kappa shape index (κ2) is 7.65. The summed E-state index contributed by atoms with van der Waals surface area (Å²) in [5.74, 6) is -0.726. The van der Waals surface area contributed by atoms with Crippen molar-refractivity contribution in [3.05, 3.63) is 58.5 Å². The number of nitrogens with one attached hydrogen (secondary N) is 1. The van der Waals surface area contributed by atoms with Crippen LogP contribution in [0.3, 0.4) is 0 Å². The highest BCUT2D eigenvalue weighted by Crippen LogP contribution is 2.26. The van der Waals surface area contributed by atoms with Crippen molar-refractivity contribution in [1.82, 2.24) is 5.32 Å². The molecule has 1 heterocycles. The summed E-state index contributed by atoms with van der Waals surface area (Å²) < 4.78 is 10.9. The zero-order chi connectivity index (χ0) is 15.9. The molecule has 0 radical (unpaired) electrons. The molecule has 0 aliphatic carbocycles. The predicted molar refractivity (Wildman–Crippen MR) is 81.2 cm³/mol. The molecule has 0 saturated carbocycles. The quantitative estimate of drug-likeness (QED) is 0.815. The molecule has 1 aromatic heterocycles. The number of carboxylic acid groups (broad SMARTS) is 1. The Kier molecular flexibility index (Phi) is 5.60. The van der Waals surface area contributed by atoms with Gasteiger partial charge in [-0.25, -0.2) is 4.79 Å². The smallest absolute Gasteiger partial charge is 0.408 e. The number of rotatable bonds is 6. The molecule has 116 valence electrons. The number of furan rings is 1. The van der Waals surface area contributed by atoms with Gasteiger partial charge in [0.05, 0.1) is 17.2 Å². The summed E-state index contributed by atoms with van der Waals surface area (Å²) in [6.45, 7) is 0.103. The fraction of sp³-hybridized carbons (Fsp3) is 0.200. The molecule has 2 rings (SSSR count). The molecule has 1 amide bonds. The lowest BCUT2D eigenvalue weighted by atomic mass is 10.1. The first-order chi connectivity index (χ1) is 10.6. The van der Waals surface area contributed by atoms with Crippen molar-refractivity contribution in [2.75, 3.05) is 0 Å². The number of hydrogen-bond donors (Lipinski definition) is 2. The summed E-state index contributed by atoms with van der Waals surface area (Å²) in [5, 5.41) is 11.4. The maximum atomic E-state index is 11.8. The van der Waals surface area contributed by atoms with Crippen LogP contribution in [0.25, 0.3) is 0 Å². The Hall–Kier alpha value is -2.28. The van der Waals surface area contributed by atoms with E-state index in [1.807, 2.05) is 30.3 Å². The molecule has 0 spiro atoms. The van der Waals surface area contributed by atoms with Crippen LogP contribution in [-0.4, -0.2) is 17.2 Å². The number of halogens is 1. The summed E-state index contributed by atoms with van der Waals surface area (Å²) in [4.78, 5) is 22.8. The highest BCUT2D eigenvalue weighted by Gasteiger charge is 2.23. The number of carbonyl (C=O) groups excluding carboxylic acids is 1. The number of benzene rings is 1. The van der Waals surface area contributed by atoms with E-state index in [1.165, 1.54) is 6.26 Å². The van der Waals surface area contributed by atoms with Crippen LogP contribution in [0.1, 0.15) is 23.8 Å². The van der Waals surface area contributed by atoms with Crippen molar-refractivity contribution in [3.63, 3.8) is 0 Å². The highest BCUT2D eigenvalue weighted by atomic mass is 79.9. The Morgan fingerprint density at radius 1 is 1.27 bits per heavy atom. The second-order valence-electron chi connectivity index (χ2n) is 4.49. The van der Waals surface area contributed by atoms with E-state index in [0.29, 0.717) is 10.2 Å². The molecule has 0 saturated heterocycles. The molecule has 2 N–H and O–H groups in total. The molecule has 0 unspecified atom stereocenters.